The van der Waals surface area contributed by atoms with Gasteiger partial charge in [-0.15, -0.1) is 0 Å². The standard InChI is InChI=1S/C18H26O5.C8H11N/c1-18(2,3)23-16(19)12-15(17(20)21)10-7-11-22-13-14-8-5-4-6-9-14;1-7(9)8-5-3-2-4-6-8/h4-6,8-9,15H,7,10-13H2,1-3H3,(H,20,21);2-7H,9H2,1H3/t15-;7-/m01/s1. The second-order valence-corrected chi connectivity index (χ2v) is 8.71. The summed E-state index contributed by atoms with van der Waals surface area (Å²) in [6, 6.07) is 20.0. The van der Waals surface area contributed by atoms with E-state index in [1.165, 1.54) is 5.56 Å². The molecule has 0 aliphatic carbocycles. The lowest BCUT2D eigenvalue weighted by molar-refractivity contribution is -0.160. The van der Waals surface area contributed by atoms with Crippen molar-refractivity contribution < 1.29 is 24.2 Å². The molecule has 0 unspecified atom stereocenters. The number of carbonyl (C=O) groups is 2. The zero-order chi connectivity index (χ0) is 24.0. The van der Waals surface area contributed by atoms with Crippen molar-refractivity contribution in [1.29, 1.82) is 0 Å². The van der Waals surface area contributed by atoms with Crippen LogP contribution in [0, 0.1) is 5.92 Å². The maximum absolute atomic E-state index is 11.7. The summed E-state index contributed by atoms with van der Waals surface area (Å²) in [7, 11) is 0. The highest BCUT2D eigenvalue weighted by molar-refractivity contribution is 5.78. The lowest BCUT2D eigenvalue weighted by Crippen LogP contribution is -2.27. The van der Waals surface area contributed by atoms with Gasteiger partial charge < -0.3 is 20.3 Å². The Bertz CT molecular complexity index is 785. The highest BCUT2D eigenvalue weighted by atomic mass is 16.6. The zero-order valence-corrected chi connectivity index (χ0v) is 19.6. The van der Waals surface area contributed by atoms with Crippen molar-refractivity contribution in [2.75, 3.05) is 6.61 Å². The predicted octanol–water partition coefficient (Wildman–Crippen LogP) is 5.12. The second-order valence-electron chi connectivity index (χ2n) is 8.71. The molecule has 32 heavy (non-hydrogen) atoms. The minimum Gasteiger partial charge on any atom is -0.481 e. The van der Waals surface area contributed by atoms with Gasteiger partial charge in [-0.1, -0.05) is 60.7 Å². The maximum atomic E-state index is 11.7. The minimum atomic E-state index is -0.973. The van der Waals surface area contributed by atoms with E-state index in [2.05, 4.69) is 0 Å². The molecule has 2 aromatic rings. The molecule has 0 bridgehead atoms. The normalized spacial score (nSPS) is 12.8. The number of benzene rings is 2. The first-order chi connectivity index (χ1) is 15.1. The van der Waals surface area contributed by atoms with Gasteiger partial charge in [0.2, 0.25) is 0 Å². The quantitative estimate of drug-likeness (QED) is 0.390. The van der Waals surface area contributed by atoms with E-state index in [0.29, 0.717) is 26.1 Å². The summed E-state index contributed by atoms with van der Waals surface area (Å²) in [6.45, 7) is 8.24. The molecule has 0 aliphatic rings. The number of aliphatic carboxylic acids is 1. The molecule has 0 radical (unpaired) electrons. The molecule has 2 aromatic carbocycles. The fraction of sp³-hybridized carbons (Fsp3) is 0.462. The molecule has 0 fully saturated rings. The number of carboxylic acid groups (broad SMARTS) is 1. The van der Waals surface area contributed by atoms with Crippen molar-refractivity contribution in [3.8, 4) is 0 Å². The van der Waals surface area contributed by atoms with Crippen LogP contribution >= 0.6 is 0 Å². The van der Waals surface area contributed by atoms with E-state index in [1.807, 2.05) is 67.6 Å². The highest BCUT2D eigenvalue weighted by Gasteiger charge is 2.24. The summed E-state index contributed by atoms with van der Waals surface area (Å²) in [4.78, 5) is 23.0. The van der Waals surface area contributed by atoms with E-state index >= 15 is 0 Å². The van der Waals surface area contributed by atoms with Gasteiger partial charge in [0.25, 0.3) is 0 Å². The van der Waals surface area contributed by atoms with Crippen molar-refractivity contribution in [3.05, 3.63) is 71.8 Å². The second kappa shape index (κ2) is 14.4. The number of hydrogen-bond donors (Lipinski definition) is 2. The number of carbonyl (C=O) groups excluding carboxylic acids is 1. The molecule has 0 aliphatic heterocycles. The molecule has 6 heteroatoms. The summed E-state index contributed by atoms with van der Waals surface area (Å²) in [6.07, 6.45) is 0.876. The lowest BCUT2D eigenvalue weighted by atomic mass is 10.00. The number of hydrogen-bond acceptors (Lipinski definition) is 5. The molecule has 2 rings (SSSR count). The van der Waals surface area contributed by atoms with Gasteiger partial charge in [0, 0.05) is 12.6 Å². The van der Waals surface area contributed by atoms with Crippen molar-refractivity contribution in [1.82, 2.24) is 0 Å². The van der Waals surface area contributed by atoms with Crippen LogP contribution in [0.1, 0.15) is 64.1 Å². The van der Waals surface area contributed by atoms with Gasteiger partial charge in [-0.3, -0.25) is 9.59 Å². The van der Waals surface area contributed by atoms with E-state index in [1.54, 1.807) is 20.8 Å². The van der Waals surface area contributed by atoms with Crippen LogP contribution in [0.4, 0.5) is 0 Å². The average Bonchev–Trinajstić information content (AvgIpc) is 2.73. The summed E-state index contributed by atoms with van der Waals surface area (Å²) in [5.74, 6) is -2.18. The molecule has 0 heterocycles. The summed E-state index contributed by atoms with van der Waals surface area (Å²) >= 11 is 0. The number of rotatable bonds is 10. The molecule has 6 nitrogen and oxygen atoms in total. The average molecular weight is 444 g/mol. The van der Waals surface area contributed by atoms with Crippen LogP contribution in [0.2, 0.25) is 0 Å². The summed E-state index contributed by atoms with van der Waals surface area (Å²) in [5.41, 5.74) is 7.29. The van der Waals surface area contributed by atoms with Crippen LogP contribution < -0.4 is 5.73 Å². The first kappa shape index (κ1) is 27.3. The van der Waals surface area contributed by atoms with E-state index in [0.717, 1.165) is 5.56 Å². The third-order valence-corrected chi connectivity index (χ3v) is 4.46. The monoisotopic (exact) mass is 443 g/mol. The van der Waals surface area contributed by atoms with Crippen LogP contribution in [0.15, 0.2) is 60.7 Å². The summed E-state index contributed by atoms with van der Waals surface area (Å²) in [5, 5.41) is 9.21. The molecule has 3 N–H and O–H groups in total. The number of esters is 1. The Morgan fingerprint density at radius 3 is 2.03 bits per heavy atom. The molecular weight excluding hydrogens is 406 g/mol. The van der Waals surface area contributed by atoms with Crippen LogP contribution in [-0.2, 0) is 25.7 Å². The lowest BCUT2D eigenvalue weighted by Gasteiger charge is -2.21. The van der Waals surface area contributed by atoms with Gasteiger partial charge in [-0.25, -0.2) is 0 Å². The third-order valence-electron chi connectivity index (χ3n) is 4.46. The van der Waals surface area contributed by atoms with Gasteiger partial charge in [0.05, 0.1) is 18.9 Å². The first-order valence-electron chi connectivity index (χ1n) is 11.0. The first-order valence-corrected chi connectivity index (χ1v) is 11.0. The molecule has 176 valence electrons. The number of nitrogens with two attached hydrogens (primary N) is 1. The molecule has 0 spiro atoms. The van der Waals surface area contributed by atoms with E-state index < -0.39 is 23.5 Å². The van der Waals surface area contributed by atoms with Gasteiger partial charge >= 0.3 is 11.9 Å². The van der Waals surface area contributed by atoms with E-state index in [4.69, 9.17) is 15.2 Å². The van der Waals surface area contributed by atoms with Gasteiger partial charge in [0.1, 0.15) is 5.60 Å². The SMILES string of the molecule is CC(C)(C)OC(=O)C[C@H](CCCOCc1ccccc1)C(=O)O.C[C@@H](N)c1ccccc1. The molecule has 2 atom stereocenters. The molecule has 0 saturated carbocycles. The Kier molecular flexibility index (Phi) is 12.3. The number of carboxylic acids is 1. The van der Waals surface area contributed by atoms with Gasteiger partial charge in [-0.05, 0) is 51.7 Å². The Morgan fingerprint density at radius 1 is 1.00 bits per heavy atom. The topological polar surface area (TPSA) is 98.8 Å². The minimum absolute atomic E-state index is 0.106. The molecule has 0 saturated heterocycles. The Hall–Kier alpha value is -2.70. The molecule has 0 amide bonds. The molecule has 0 aromatic heterocycles. The van der Waals surface area contributed by atoms with Crippen LogP contribution in [0.25, 0.3) is 0 Å². The van der Waals surface area contributed by atoms with Gasteiger partial charge in [-0.2, -0.15) is 0 Å². The number of ether oxygens (including phenoxy) is 2. The highest BCUT2D eigenvalue weighted by Crippen LogP contribution is 2.16. The predicted molar refractivity (Wildman–Crippen MR) is 126 cm³/mol. The van der Waals surface area contributed by atoms with Crippen LogP contribution in [-0.4, -0.2) is 29.3 Å². The van der Waals surface area contributed by atoms with Crippen molar-refractivity contribution in [3.63, 3.8) is 0 Å². The Balaban J connectivity index is 0.000000471. The zero-order valence-electron chi connectivity index (χ0n) is 19.6. The maximum Gasteiger partial charge on any atom is 0.307 e. The van der Waals surface area contributed by atoms with Crippen LogP contribution in [0.3, 0.4) is 0 Å². The largest absolute Gasteiger partial charge is 0.481 e. The van der Waals surface area contributed by atoms with Gasteiger partial charge in [0.15, 0.2) is 0 Å². The van der Waals surface area contributed by atoms with Crippen LogP contribution in [0.5, 0.6) is 0 Å². The van der Waals surface area contributed by atoms with E-state index in [-0.39, 0.29) is 12.5 Å². The smallest absolute Gasteiger partial charge is 0.307 e. The van der Waals surface area contributed by atoms with E-state index in [9.17, 15) is 14.7 Å². The fourth-order valence-electron chi connectivity index (χ4n) is 2.85. The van der Waals surface area contributed by atoms with Crippen molar-refractivity contribution in [2.24, 2.45) is 11.7 Å². The summed E-state index contributed by atoms with van der Waals surface area (Å²) < 4.78 is 10.7. The fourth-order valence-corrected chi connectivity index (χ4v) is 2.85. The van der Waals surface area contributed by atoms with Crippen molar-refractivity contribution >= 4 is 11.9 Å². The third kappa shape index (κ3) is 12.9. The van der Waals surface area contributed by atoms with Crippen molar-refractivity contribution in [2.45, 2.75) is 65.2 Å². The molecular formula is C26H37NO5. The Labute approximate surface area is 191 Å². The Morgan fingerprint density at radius 2 is 1.56 bits per heavy atom.